The van der Waals surface area contributed by atoms with Crippen molar-refractivity contribution in [2.24, 2.45) is 7.05 Å². The van der Waals surface area contributed by atoms with Crippen molar-refractivity contribution in [1.82, 2.24) is 24.9 Å². The molecule has 106 valence electrons. The highest BCUT2D eigenvalue weighted by molar-refractivity contribution is 5.92. The van der Waals surface area contributed by atoms with Gasteiger partial charge in [0.25, 0.3) is 5.91 Å². The molecule has 20 heavy (non-hydrogen) atoms. The van der Waals surface area contributed by atoms with Crippen LogP contribution in [0.5, 0.6) is 0 Å². The van der Waals surface area contributed by atoms with Crippen LogP contribution in [0.1, 0.15) is 22.6 Å². The van der Waals surface area contributed by atoms with Crippen LogP contribution in [0.15, 0.2) is 24.5 Å². The van der Waals surface area contributed by atoms with Gasteiger partial charge in [0, 0.05) is 19.4 Å². The minimum absolute atomic E-state index is 0.0811. The summed E-state index contributed by atoms with van der Waals surface area (Å²) in [4.78, 5) is 22.5. The number of carboxylic acid groups (broad SMARTS) is 1. The fourth-order valence-corrected chi connectivity index (χ4v) is 1.72. The molecule has 0 saturated heterocycles. The fraction of sp³-hybridized carbons (Fsp3) is 0.333. The topological polar surface area (TPSA) is 102 Å². The molecular formula is C12H15N5O3. The summed E-state index contributed by atoms with van der Waals surface area (Å²) in [5, 5.41) is 19.5. The normalized spacial score (nSPS) is 10.4. The maximum absolute atomic E-state index is 12.0. The summed E-state index contributed by atoms with van der Waals surface area (Å²) in [6.07, 6.45) is 3.18. The van der Waals surface area contributed by atoms with Gasteiger partial charge in [-0.15, -0.1) is 0 Å². The molecule has 2 aromatic rings. The summed E-state index contributed by atoms with van der Waals surface area (Å²) in [6, 6.07) is 3.36. The van der Waals surface area contributed by atoms with Crippen molar-refractivity contribution < 1.29 is 14.7 Å². The molecule has 0 saturated carbocycles. The number of aryl methyl sites for hydroxylation is 2. The third kappa shape index (κ3) is 3.44. The molecule has 0 bridgehead atoms. The van der Waals surface area contributed by atoms with Gasteiger partial charge in [-0.2, -0.15) is 10.2 Å². The van der Waals surface area contributed by atoms with Gasteiger partial charge in [0.15, 0.2) is 0 Å². The molecule has 8 heteroatoms. The molecule has 1 amide bonds. The van der Waals surface area contributed by atoms with Crippen LogP contribution in [0.3, 0.4) is 0 Å². The molecule has 0 unspecified atom stereocenters. The standard InChI is InChI=1S/C12H15N5O3/c1-16-6-3-9(15-16)8-13-12(20)10-2-5-14-17(10)7-4-11(18)19/h2-3,5-6H,4,7-8H2,1H3,(H,13,20)(H,18,19). The predicted octanol–water partition coefficient (Wildman–Crippen LogP) is 0.0213. The molecule has 8 nitrogen and oxygen atoms in total. The van der Waals surface area contributed by atoms with Gasteiger partial charge in [0.1, 0.15) is 5.69 Å². The van der Waals surface area contributed by atoms with E-state index in [0.29, 0.717) is 12.2 Å². The molecule has 0 aliphatic rings. The zero-order chi connectivity index (χ0) is 14.5. The number of aliphatic carboxylic acids is 1. The van der Waals surface area contributed by atoms with Crippen molar-refractivity contribution in [3.63, 3.8) is 0 Å². The highest BCUT2D eigenvalue weighted by atomic mass is 16.4. The van der Waals surface area contributed by atoms with Crippen molar-refractivity contribution in [2.75, 3.05) is 0 Å². The molecule has 2 aromatic heterocycles. The van der Waals surface area contributed by atoms with Crippen LogP contribution >= 0.6 is 0 Å². The molecule has 0 aliphatic heterocycles. The number of nitrogens with one attached hydrogen (secondary N) is 1. The van der Waals surface area contributed by atoms with Crippen LogP contribution in [0.2, 0.25) is 0 Å². The highest BCUT2D eigenvalue weighted by Crippen LogP contribution is 2.02. The molecule has 0 aromatic carbocycles. The fourth-order valence-electron chi connectivity index (χ4n) is 1.72. The van der Waals surface area contributed by atoms with Gasteiger partial charge in [-0.05, 0) is 12.1 Å². The lowest BCUT2D eigenvalue weighted by atomic mass is 10.3. The average Bonchev–Trinajstić information content (AvgIpc) is 3.02. The summed E-state index contributed by atoms with van der Waals surface area (Å²) in [7, 11) is 1.80. The lowest BCUT2D eigenvalue weighted by Gasteiger charge is -2.06. The Bertz CT molecular complexity index is 616. The van der Waals surface area contributed by atoms with Crippen LogP contribution in [0.25, 0.3) is 0 Å². The molecule has 0 radical (unpaired) electrons. The van der Waals surface area contributed by atoms with E-state index in [9.17, 15) is 9.59 Å². The van der Waals surface area contributed by atoms with E-state index in [1.54, 1.807) is 24.0 Å². The van der Waals surface area contributed by atoms with E-state index in [2.05, 4.69) is 15.5 Å². The second kappa shape index (κ2) is 6.00. The van der Waals surface area contributed by atoms with Crippen molar-refractivity contribution in [3.8, 4) is 0 Å². The summed E-state index contributed by atoms with van der Waals surface area (Å²) in [6.45, 7) is 0.471. The van der Waals surface area contributed by atoms with E-state index in [1.165, 1.54) is 10.9 Å². The maximum Gasteiger partial charge on any atom is 0.305 e. The molecule has 0 spiro atoms. The summed E-state index contributed by atoms with van der Waals surface area (Å²) in [5.74, 6) is -1.24. The largest absolute Gasteiger partial charge is 0.481 e. The van der Waals surface area contributed by atoms with Gasteiger partial charge in [0.05, 0.1) is 25.2 Å². The summed E-state index contributed by atoms with van der Waals surface area (Å²) in [5.41, 5.74) is 1.08. The van der Waals surface area contributed by atoms with Gasteiger partial charge in [-0.1, -0.05) is 0 Å². The van der Waals surface area contributed by atoms with E-state index in [-0.39, 0.29) is 18.9 Å². The minimum Gasteiger partial charge on any atom is -0.481 e. The number of hydrogen-bond acceptors (Lipinski definition) is 4. The Labute approximate surface area is 115 Å². The number of carbonyl (C=O) groups is 2. The van der Waals surface area contributed by atoms with Crippen molar-refractivity contribution in [2.45, 2.75) is 19.5 Å². The first kappa shape index (κ1) is 13.8. The van der Waals surface area contributed by atoms with Crippen molar-refractivity contribution in [3.05, 3.63) is 35.9 Å². The number of amides is 1. The van der Waals surface area contributed by atoms with E-state index in [4.69, 9.17) is 5.11 Å². The molecule has 0 atom stereocenters. The lowest BCUT2D eigenvalue weighted by Crippen LogP contribution is -2.26. The van der Waals surface area contributed by atoms with Gasteiger partial charge < -0.3 is 10.4 Å². The molecule has 0 aliphatic carbocycles. The second-order valence-electron chi connectivity index (χ2n) is 4.25. The Balaban J connectivity index is 1.95. The Morgan fingerprint density at radius 3 is 2.85 bits per heavy atom. The quantitative estimate of drug-likeness (QED) is 0.775. The monoisotopic (exact) mass is 277 g/mol. The number of carboxylic acids is 1. The van der Waals surface area contributed by atoms with Crippen LogP contribution in [-0.4, -0.2) is 36.5 Å². The van der Waals surface area contributed by atoms with E-state index in [0.717, 1.165) is 5.69 Å². The zero-order valence-electron chi connectivity index (χ0n) is 11.0. The number of carbonyl (C=O) groups excluding carboxylic acids is 1. The lowest BCUT2D eigenvalue weighted by molar-refractivity contribution is -0.137. The smallest absolute Gasteiger partial charge is 0.305 e. The predicted molar refractivity (Wildman–Crippen MR) is 68.9 cm³/mol. The van der Waals surface area contributed by atoms with E-state index in [1.807, 2.05) is 6.07 Å². The Hall–Kier alpha value is -2.64. The number of aromatic nitrogens is 4. The first-order valence-corrected chi connectivity index (χ1v) is 6.06. The SMILES string of the molecule is Cn1ccc(CNC(=O)c2ccnn2CCC(=O)O)n1. The average molecular weight is 277 g/mol. The van der Waals surface area contributed by atoms with E-state index < -0.39 is 5.97 Å². The number of hydrogen-bond donors (Lipinski definition) is 2. The van der Waals surface area contributed by atoms with Crippen LogP contribution in [-0.2, 0) is 24.9 Å². The van der Waals surface area contributed by atoms with Crippen molar-refractivity contribution >= 4 is 11.9 Å². The Morgan fingerprint density at radius 2 is 2.20 bits per heavy atom. The van der Waals surface area contributed by atoms with Crippen LogP contribution in [0, 0.1) is 0 Å². The number of rotatable bonds is 6. The second-order valence-corrected chi connectivity index (χ2v) is 4.25. The minimum atomic E-state index is -0.930. The van der Waals surface area contributed by atoms with Crippen LogP contribution in [0.4, 0.5) is 0 Å². The molecule has 2 N–H and O–H groups in total. The number of nitrogens with zero attached hydrogens (tertiary/aromatic N) is 4. The van der Waals surface area contributed by atoms with Gasteiger partial charge >= 0.3 is 5.97 Å². The Kier molecular flexibility index (Phi) is 4.14. The molecule has 2 heterocycles. The van der Waals surface area contributed by atoms with Crippen LogP contribution < -0.4 is 5.32 Å². The molecular weight excluding hydrogens is 262 g/mol. The summed E-state index contributed by atoms with van der Waals surface area (Å²) < 4.78 is 3.03. The first-order valence-electron chi connectivity index (χ1n) is 6.06. The zero-order valence-corrected chi connectivity index (χ0v) is 11.0. The maximum atomic E-state index is 12.0. The third-order valence-corrected chi connectivity index (χ3v) is 2.69. The first-order chi connectivity index (χ1) is 9.56. The van der Waals surface area contributed by atoms with Gasteiger partial charge in [0.2, 0.25) is 0 Å². The Morgan fingerprint density at radius 1 is 1.40 bits per heavy atom. The van der Waals surface area contributed by atoms with Gasteiger partial charge in [-0.25, -0.2) is 0 Å². The van der Waals surface area contributed by atoms with Crippen molar-refractivity contribution in [1.29, 1.82) is 0 Å². The van der Waals surface area contributed by atoms with E-state index >= 15 is 0 Å². The molecule has 2 rings (SSSR count). The molecule has 0 fully saturated rings. The summed E-state index contributed by atoms with van der Waals surface area (Å²) >= 11 is 0. The van der Waals surface area contributed by atoms with Gasteiger partial charge in [-0.3, -0.25) is 19.0 Å². The third-order valence-electron chi connectivity index (χ3n) is 2.69. The highest BCUT2D eigenvalue weighted by Gasteiger charge is 2.12.